The monoisotopic (exact) mass is 288 g/mol. The Hall–Kier alpha value is -3.29. The summed E-state index contributed by atoms with van der Waals surface area (Å²) in [6.07, 6.45) is 0. The van der Waals surface area contributed by atoms with Gasteiger partial charge in [-0.05, 0) is 11.6 Å². The van der Waals surface area contributed by atoms with Crippen molar-refractivity contribution in [2.75, 3.05) is 0 Å². The summed E-state index contributed by atoms with van der Waals surface area (Å²) in [6.45, 7) is 0. The molecule has 0 spiro atoms. The molecule has 1 N–H and O–H groups in total. The topological polar surface area (TPSA) is 124 Å². The standard InChI is InChI=1S/C13H8N2O6/c16-13(17)11-5-4-10(15(20)21)7-12(11)8-2-1-3-9(6-8)14(18)19/h1-7H,(H,16,17). The van der Waals surface area contributed by atoms with Crippen LogP contribution >= 0.6 is 0 Å². The number of carboxylic acids is 1. The van der Waals surface area contributed by atoms with E-state index in [1.165, 1.54) is 24.3 Å². The first kappa shape index (κ1) is 14.1. The Kier molecular flexibility index (Phi) is 3.61. The molecule has 2 aromatic carbocycles. The van der Waals surface area contributed by atoms with Gasteiger partial charge in [-0.15, -0.1) is 0 Å². The third-order valence-corrected chi connectivity index (χ3v) is 2.81. The fraction of sp³-hybridized carbons (Fsp3) is 0. The van der Waals surface area contributed by atoms with E-state index in [2.05, 4.69) is 0 Å². The molecule has 8 nitrogen and oxygen atoms in total. The lowest BCUT2D eigenvalue weighted by Crippen LogP contribution is -2.01. The van der Waals surface area contributed by atoms with Crippen LogP contribution in [0.3, 0.4) is 0 Å². The highest BCUT2D eigenvalue weighted by atomic mass is 16.6. The Morgan fingerprint density at radius 3 is 2.14 bits per heavy atom. The first-order chi connectivity index (χ1) is 9.90. The van der Waals surface area contributed by atoms with Crippen LogP contribution in [-0.2, 0) is 0 Å². The molecule has 0 bridgehead atoms. The summed E-state index contributed by atoms with van der Waals surface area (Å²) in [5, 5.41) is 30.7. The summed E-state index contributed by atoms with van der Waals surface area (Å²) < 4.78 is 0. The predicted octanol–water partition coefficient (Wildman–Crippen LogP) is 2.87. The van der Waals surface area contributed by atoms with Crippen molar-refractivity contribution in [3.8, 4) is 11.1 Å². The van der Waals surface area contributed by atoms with Gasteiger partial charge in [0.05, 0.1) is 15.4 Å². The maximum absolute atomic E-state index is 11.2. The Balaban J connectivity index is 2.68. The summed E-state index contributed by atoms with van der Waals surface area (Å²) in [6, 6.07) is 8.53. The quantitative estimate of drug-likeness (QED) is 0.681. The maximum Gasteiger partial charge on any atom is 0.336 e. The molecular formula is C13H8N2O6. The van der Waals surface area contributed by atoms with E-state index in [0.717, 1.165) is 18.2 Å². The van der Waals surface area contributed by atoms with Crippen molar-refractivity contribution in [1.29, 1.82) is 0 Å². The van der Waals surface area contributed by atoms with E-state index < -0.39 is 15.8 Å². The molecule has 0 aliphatic heterocycles. The van der Waals surface area contributed by atoms with Gasteiger partial charge in [0.1, 0.15) is 0 Å². The summed E-state index contributed by atoms with van der Waals surface area (Å²) in [7, 11) is 0. The van der Waals surface area contributed by atoms with Crippen LogP contribution in [0.25, 0.3) is 11.1 Å². The Labute approximate surface area is 117 Å². The molecular weight excluding hydrogens is 280 g/mol. The molecule has 21 heavy (non-hydrogen) atoms. The third-order valence-electron chi connectivity index (χ3n) is 2.81. The fourth-order valence-electron chi connectivity index (χ4n) is 1.86. The van der Waals surface area contributed by atoms with Crippen molar-refractivity contribution >= 4 is 17.3 Å². The number of non-ortho nitro benzene ring substituents is 2. The smallest absolute Gasteiger partial charge is 0.336 e. The van der Waals surface area contributed by atoms with Crippen molar-refractivity contribution in [2.24, 2.45) is 0 Å². The number of carbonyl (C=O) groups is 1. The van der Waals surface area contributed by atoms with Crippen molar-refractivity contribution < 1.29 is 19.7 Å². The molecule has 2 aromatic rings. The molecule has 8 heteroatoms. The second kappa shape index (κ2) is 5.37. The van der Waals surface area contributed by atoms with Crippen molar-refractivity contribution in [3.05, 3.63) is 68.3 Å². The van der Waals surface area contributed by atoms with Gasteiger partial charge in [0.2, 0.25) is 0 Å². The van der Waals surface area contributed by atoms with Gasteiger partial charge in [-0.25, -0.2) is 4.79 Å². The lowest BCUT2D eigenvalue weighted by Gasteiger charge is -2.06. The largest absolute Gasteiger partial charge is 0.478 e. The molecule has 0 saturated carbocycles. The molecule has 0 aliphatic rings. The van der Waals surface area contributed by atoms with Gasteiger partial charge in [0.15, 0.2) is 0 Å². The van der Waals surface area contributed by atoms with Gasteiger partial charge < -0.3 is 5.11 Å². The van der Waals surface area contributed by atoms with Crippen molar-refractivity contribution in [3.63, 3.8) is 0 Å². The molecule has 106 valence electrons. The molecule has 0 unspecified atom stereocenters. The molecule has 0 amide bonds. The summed E-state index contributed by atoms with van der Waals surface area (Å²) in [5.74, 6) is -1.27. The van der Waals surface area contributed by atoms with Gasteiger partial charge in [-0.1, -0.05) is 12.1 Å². The molecule has 0 aliphatic carbocycles. The first-order valence-corrected chi connectivity index (χ1v) is 5.66. The average Bonchev–Trinajstić information content (AvgIpc) is 2.46. The van der Waals surface area contributed by atoms with Crippen molar-refractivity contribution in [2.45, 2.75) is 0 Å². The van der Waals surface area contributed by atoms with E-state index in [1.807, 2.05) is 0 Å². The lowest BCUT2D eigenvalue weighted by atomic mass is 9.98. The van der Waals surface area contributed by atoms with Gasteiger partial charge in [-0.2, -0.15) is 0 Å². The lowest BCUT2D eigenvalue weighted by molar-refractivity contribution is -0.385. The maximum atomic E-state index is 11.2. The minimum atomic E-state index is -1.27. The van der Waals surface area contributed by atoms with Crippen LogP contribution in [0.2, 0.25) is 0 Å². The number of hydrogen-bond acceptors (Lipinski definition) is 5. The zero-order valence-corrected chi connectivity index (χ0v) is 10.4. The van der Waals surface area contributed by atoms with E-state index in [9.17, 15) is 25.0 Å². The summed E-state index contributed by atoms with van der Waals surface area (Å²) in [4.78, 5) is 31.5. The number of carboxylic acid groups (broad SMARTS) is 1. The minimum absolute atomic E-state index is 0.0559. The minimum Gasteiger partial charge on any atom is -0.478 e. The first-order valence-electron chi connectivity index (χ1n) is 5.66. The van der Waals surface area contributed by atoms with Crippen LogP contribution in [0, 0.1) is 20.2 Å². The highest BCUT2D eigenvalue weighted by molar-refractivity contribution is 5.96. The predicted molar refractivity (Wildman–Crippen MR) is 72.1 cm³/mol. The van der Waals surface area contributed by atoms with Gasteiger partial charge in [0, 0.05) is 29.8 Å². The number of nitro groups is 2. The zero-order chi connectivity index (χ0) is 15.6. The number of nitro benzene ring substituents is 2. The SMILES string of the molecule is O=C(O)c1ccc([N+](=O)[O-])cc1-c1cccc([N+](=O)[O-])c1. The van der Waals surface area contributed by atoms with Crippen LogP contribution in [-0.4, -0.2) is 20.9 Å². The van der Waals surface area contributed by atoms with Gasteiger partial charge in [-0.3, -0.25) is 20.2 Å². The Morgan fingerprint density at radius 2 is 1.57 bits per heavy atom. The van der Waals surface area contributed by atoms with E-state index in [-0.39, 0.29) is 28.1 Å². The molecule has 0 heterocycles. The van der Waals surface area contributed by atoms with E-state index >= 15 is 0 Å². The van der Waals surface area contributed by atoms with E-state index in [4.69, 9.17) is 5.11 Å². The Morgan fingerprint density at radius 1 is 0.952 bits per heavy atom. The fourth-order valence-corrected chi connectivity index (χ4v) is 1.86. The second-order valence-corrected chi connectivity index (χ2v) is 4.10. The van der Waals surface area contributed by atoms with E-state index in [0.29, 0.717) is 0 Å². The molecule has 0 saturated heterocycles. The van der Waals surface area contributed by atoms with E-state index in [1.54, 1.807) is 0 Å². The van der Waals surface area contributed by atoms with Crippen LogP contribution in [0.5, 0.6) is 0 Å². The number of hydrogen-bond donors (Lipinski definition) is 1. The molecule has 0 fully saturated rings. The van der Waals surface area contributed by atoms with Crippen LogP contribution in [0.15, 0.2) is 42.5 Å². The van der Waals surface area contributed by atoms with Crippen LogP contribution in [0.4, 0.5) is 11.4 Å². The molecule has 0 radical (unpaired) electrons. The molecule has 0 aromatic heterocycles. The number of rotatable bonds is 4. The average molecular weight is 288 g/mol. The second-order valence-electron chi connectivity index (χ2n) is 4.10. The normalized spacial score (nSPS) is 10.1. The van der Waals surface area contributed by atoms with Crippen LogP contribution in [0.1, 0.15) is 10.4 Å². The number of benzene rings is 2. The van der Waals surface area contributed by atoms with Gasteiger partial charge >= 0.3 is 5.97 Å². The number of nitrogens with zero attached hydrogens (tertiary/aromatic N) is 2. The molecule has 0 atom stereocenters. The van der Waals surface area contributed by atoms with Crippen molar-refractivity contribution in [1.82, 2.24) is 0 Å². The highest BCUT2D eigenvalue weighted by Gasteiger charge is 2.18. The Bertz CT molecular complexity index is 756. The summed E-state index contributed by atoms with van der Waals surface area (Å²) >= 11 is 0. The third kappa shape index (κ3) is 2.84. The number of aromatic carboxylic acids is 1. The summed E-state index contributed by atoms with van der Waals surface area (Å²) in [5.41, 5.74) is -0.399. The van der Waals surface area contributed by atoms with Crippen LogP contribution < -0.4 is 0 Å². The highest BCUT2D eigenvalue weighted by Crippen LogP contribution is 2.30. The zero-order valence-electron chi connectivity index (χ0n) is 10.4. The van der Waals surface area contributed by atoms with Gasteiger partial charge in [0.25, 0.3) is 11.4 Å². The molecule has 2 rings (SSSR count).